The predicted molar refractivity (Wildman–Crippen MR) is 78.2 cm³/mol. The van der Waals surface area contributed by atoms with Crippen LogP contribution in [-0.4, -0.2) is 59.4 Å². The van der Waals surface area contributed by atoms with Crippen molar-refractivity contribution in [1.82, 2.24) is 20.4 Å². The van der Waals surface area contributed by atoms with Crippen molar-refractivity contribution in [3.8, 4) is 0 Å². The molecule has 2 N–H and O–H groups in total. The normalized spacial score (nSPS) is 25.8. The van der Waals surface area contributed by atoms with Crippen LogP contribution in [0.5, 0.6) is 0 Å². The zero-order chi connectivity index (χ0) is 14.3. The number of amides is 1. The van der Waals surface area contributed by atoms with Crippen LogP contribution >= 0.6 is 0 Å². The standard InChI is InChI=1S/C15H18N4O2/c20-14(12-3-1-2-11-8-17-18-13(11)12)19-6-7-21-15(10-19)4-5-16-9-15/h1-3,8,16H,4-7,9-10H2,(H,17,18). The van der Waals surface area contributed by atoms with Gasteiger partial charge in [0.15, 0.2) is 0 Å². The Morgan fingerprint density at radius 1 is 1.43 bits per heavy atom. The summed E-state index contributed by atoms with van der Waals surface area (Å²) in [7, 11) is 0. The van der Waals surface area contributed by atoms with Crippen LogP contribution in [0.15, 0.2) is 24.4 Å². The molecular formula is C15H18N4O2. The summed E-state index contributed by atoms with van der Waals surface area (Å²) in [4.78, 5) is 14.8. The van der Waals surface area contributed by atoms with Gasteiger partial charge in [0.25, 0.3) is 5.91 Å². The van der Waals surface area contributed by atoms with E-state index in [9.17, 15) is 4.79 Å². The molecule has 21 heavy (non-hydrogen) atoms. The van der Waals surface area contributed by atoms with Gasteiger partial charge in [0.1, 0.15) is 0 Å². The van der Waals surface area contributed by atoms with Gasteiger partial charge in [-0.2, -0.15) is 5.10 Å². The van der Waals surface area contributed by atoms with E-state index >= 15 is 0 Å². The van der Waals surface area contributed by atoms with Crippen molar-refractivity contribution in [2.75, 3.05) is 32.8 Å². The van der Waals surface area contributed by atoms with Gasteiger partial charge in [0.2, 0.25) is 0 Å². The molecule has 1 unspecified atom stereocenters. The second kappa shape index (κ2) is 4.82. The Morgan fingerprint density at radius 3 is 3.24 bits per heavy atom. The van der Waals surface area contributed by atoms with Gasteiger partial charge in [-0.05, 0) is 19.0 Å². The third kappa shape index (κ3) is 2.11. The molecular weight excluding hydrogens is 268 g/mol. The lowest BCUT2D eigenvalue weighted by atomic mass is 10.00. The first-order chi connectivity index (χ1) is 10.3. The number of nitrogens with zero attached hydrogens (tertiary/aromatic N) is 2. The number of carbonyl (C=O) groups excluding carboxylic acids is 1. The molecule has 1 aromatic heterocycles. The number of aromatic nitrogens is 2. The van der Waals surface area contributed by atoms with Gasteiger partial charge in [-0.1, -0.05) is 12.1 Å². The fourth-order valence-corrected chi connectivity index (χ4v) is 3.31. The molecule has 2 saturated heterocycles. The van der Waals surface area contributed by atoms with E-state index < -0.39 is 0 Å². The summed E-state index contributed by atoms with van der Waals surface area (Å²) < 4.78 is 5.94. The highest BCUT2D eigenvalue weighted by atomic mass is 16.5. The smallest absolute Gasteiger partial charge is 0.256 e. The number of carbonyl (C=O) groups is 1. The van der Waals surface area contributed by atoms with Crippen molar-refractivity contribution >= 4 is 16.8 Å². The zero-order valence-electron chi connectivity index (χ0n) is 11.8. The molecule has 0 bridgehead atoms. The highest BCUT2D eigenvalue weighted by Crippen LogP contribution is 2.26. The molecule has 110 valence electrons. The maximum atomic E-state index is 12.9. The number of hydrogen-bond acceptors (Lipinski definition) is 4. The van der Waals surface area contributed by atoms with Crippen LogP contribution in [0.3, 0.4) is 0 Å². The summed E-state index contributed by atoms with van der Waals surface area (Å²) in [5.41, 5.74) is 1.30. The van der Waals surface area contributed by atoms with Gasteiger partial charge in [-0.15, -0.1) is 0 Å². The SMILES string of the molecule is O=C(c1cccc2cn[nH]c12)N1CCOC2(CCNC2)C1. The van der Waals surface area contributed by atoms with E-state index in [1.807, 2.05) is 23.1 Å². The Balaban J connectivity index is 1.63. The number of H-pyrrole nitrogens is 1. The fraction of sp³-hybridized carbons (Fsp3) is 0.467. The highest BCUT2D eigenvalue weighted by molar-refractivity contribution is 6.05. The molecule has 0 saturated carbocycles. The van der Waals surface area contributed by atoms with Crippen LogP contribution in [0.1, 0.15) is 16.8 Å². The van der Waals surface area contributed by atoms with Gasteiger partial charge in [-0.25, -0.2) is 0 Å². The van der Waals surface area contributed by atoms with E-state index in [2.05, 4.69) is 15.5 Å². The van der Waals surface area contributed by atoms with Gasteiger partial charge < -0.3 is 15.0 Å². The molecule has 2 fully saturated rings. The average Bonchev–Trinajstić information content (AvgIpc) is 3.15. The number of morpholine rings is 1. The first-order valence-corrected chi connectivity index (χ1v) is 7.34. The van der Waals surface area contributed by atoms with Crippen LogP contribution in [0.4, 0.5) is 0 Å². The number of aromatic amines is 1. The number of hydrogen-bond donors (Lipinski definition) is 2. The summed E-state index contributed by atoms with van der Waals surface area (Å²) in [5.74, 6) is 0.0550. The molecule has 1 amide bonds. The van der Waals surface area contributed by atoms with E-state index in [0.29, 0.717) is 25.3 Å². The predicted octanol–water partition coefficient (Wildman–Crippen LogP) is 0.767. The molecule has 2 aromatic rings. The van der Waals surface area contributed by atoms with Crippen molar-refractivity contribution in [2.45, 2.75) is 12.0 Å². The minimum absolute atomic E-state index is 0.0550. The van der Waals surface area contributed by atoms with E-state index in [1.54, 1.807) is 6.20 Å². The molecule has 6 heteroatoms. The van der Waals surface area contributed by atoms with E-state index in [4.69, 9.17) is 4.74 Å². The summed E-state index contributed by atoms with van der Waals surface area (Å²) in [6, 6.07) is 5.72. The molecule has 1 spiro atoms. The monoisotopic (exact) mass is 286 g/mol. The molecule has 3 heterocycles. The Morgan fingerprint density at radius 2 is 2.38 bits per heavy atom. The largest absolute Gasteiger partial charge is 0.370 e. The second-order valence-electron chi connectivity index (χ2n) is 5.82. The zero-order valence-corrected chi connectivity index (χ0v) is 11.8. The minimum Gasteiger partial charge on any atom is -0.370 e. The van der Waals surface area contributed by atoms with Crippen LogP contribution in [-0.2, 0) is 4.74 Å². The van der Waals surface area contributed by atoms with Gasteiger partial charge in [-0.3, -0.25) is 9.89 Å². The van der Waals surface area contributed by atoms with Crippen LogP contribution in [0.25, 0.3) is 10.9 Å². The molecule has 0 aliphatic carbocycles. The van der Waals surface area contributed by atoms with Crippen LogP contribution in [0.2, 0.25) is 0 Å². The number of benzene rings is 1. The lowest BCUT2D eigenvalue weighted by Gasteiger charge is -2.40. The first-order valence-electron chi connectivity index (χ1n) is 7.34. The Hall–Kier alpha value is -1.92. The lowest BCUT2D eigenvalue weighted by Crippen LogP contribution is -2.54. The number of nitrogens with one attached hydrogen (secondary N) is 2. The van der Waals surface area contributed by atoms with Gasteiger partial charge >= 0.3 is 0 Å². The molecule has 1 atom stereocenters. The van der Waals surface area contributed by atoms with Crippen LogP contribution in [0, 0.1) is 0 Å². The molecule has 6 nitrogen and oxygen atoms in total. The maximum absolute atomic E-state index is 12.9. The first kappa shape index (κ1) is 12.8. The van der Waals surface area contributed by atoms with E-state index in [1.165, 1.54) is 0 Å². The van der Waals surface area contributed by atoms with Crippen LogP contribution < -0.4 is 5.32 Å². The minimum atomic E-state index is -0.199. The Kier molecular flexibility index (Phi) is 2.94. The number of rotatable bonds is 1. The van der Waals surface area contributed by atoms with Crippen molar-refractivity contribution in [3.05, 3.63) is 30.0 Å². The summed E-state index contributed by atoms with van der Waals surface area (Å²) in [6.07, 6.45) is 2.71. The van der Waals surface area contributed by atoms with Gasteiger partial charge in [0.05, 0.1) is 36.0 Å². The summed E-state index contributed by atoms with van der Waals surface area (Å²) in [5, 5.41) is 11.3. The van der Waals surface area contributed by atoms with E-state index in [0.717, 1.165) is 30.4 Å². The Labute approximate surface area is 122 Å². The number of para-hydroxylation sites is 1. The number of ether oxygens (including phenoxy) is 1. The third-order valence-corrected chi connectivity index (χ3v) is 4.45. The quantitative estimate of drug-likeness (QED) is 0.812. The molecule has 2 aliphatic heterocycles. The van der Waals surface area contributed by atoms with Crippen molar-refractivity contribution in [1.29, 1.82) is 0 Å². The second-order valence-corrected chi connectivity index (χ2v) is 5.82. The highest BCUT2D eigenvalue weighted by Gasteiger charge is 2.41. The van der Waals surface area contributed by atoms with Crippen molar-refractivity contribution in [2.24, 2.45) is 0 Å². The average molecular weight is 286 g/mol. The van der Waals surface area contributed by atoms with Crippen molar-refractivity contribution < 1.29 is 9.53 Å². The molecule has 1 aromatic carbocycles. The van der Waals surface area contributed by atoms with Crippen molar-refractivity contribution in [3.63, 3.8) is 0 Å². The third-order valence-electron chi connectivity index (χ3n) is 4.45. The molecule has 0 radical (unpaired) electrons. The Bertz CT molecular complexity index is 675. The number of fused-ring (bicyclic) bond motifs is 1. The lowest BCUT2D eigenvalue weighted by molar-refractivity contribution is -0.0866. The summed E-state index contributed by atoms with van der Waals surface area (Å²) in [6.45, 7) is 3.68. The van der Waals surface area contributed by atoms with Gasteiger partial charge in [0, 0.05) is 18.5 Å². The summed E-state index contributed by atoms with van der Waals surface area (Å²) >= 11 is 0. The molecule has 2 aliphatic rings. The topological polar surface area (TPSA) is 70.2 Å². The fourth-order valence-electron chi connectivity index (χ4n) is 3.31. The molecule has 4 rings (SSSR count). The van der Waals surface area contributed by atoms with E-state index in [-0.39, 0.29) is 11.5 Å². The maximum Gasteiger partial charge on any atom is 0.256 e.